The monoisotopic (exact) mass is 469 g/mol. The van der Waals surface area contributed by atoms with Gasteiger partial charge >= 0.3 is 12.1 Å². The first-order valence-electron chi connectivity index (χ1n) is 11.3. The largest absolute Gasteiger partial charge is 0.478 e. The number of likely N-dealkylation sites (tertiary alicyclic amines) is 1. The molecular weight excluding hydrogens is 442 g/mol. The fourth-order valence-electron chi connectivity index (χ4n) is 5.36. The molecule has 5 rings (SSSR count). The lowest BCUT2D eigenvalue weighted by molar-refractivity contribution is 0.00668. The molecule has 2 aliphatic rings. The number of ether oxygens (including phenoxy) is 1. The lowest BCUT2D eigenvalue weighted by Crippen LogP contribution is -2.50. The molecule has 0 saturated carbocycles. The van der Waals surface area contributed by atoms with Crippen LogP contribution < -0.4 is 4.90 Å². The maximum Gasteiger partial charge on any atom is 0.410 e. The van der Waals surface area contributed by atoms with Crippen LogP contribution >= 0.6 is 11.6 Å². The summed E-state index contributed by atoms with van der Waals surface area (Å²) in [5.74, 6) is -0.715. The normalized spacial score (nSPS) is 21.0. The molecule has 0 radical (unpaired) electrons. The van der Waals surface area contributed by atoms with E-state index in [4.69, 9.17) is 16.3 Å². The minimum atomic E-state index is -1.02. The molecule has 8 heteroatoms. The molecule has 0 bridgehead atoms. The zero-order valence-electron chi connectivity index (χ0n) is 19.0. The number of aromatic amines is 1. The minimum Gasteiger partial charge on any atom is -0.478 e. The summed E-state index contributed by atoms with van der Waals surface area (Å²) in [5, 5.41) is 12.0. The number of carbonyl (C=O) groups is 2. The Balaban J connectivity index is 1.58. The number of benzene rings is 2. The van der Waals surface area contributed by atoms with Gasteiger partial charge in [-0.1, -0.05) is 29.8 Å². The van der Waals surface area contributed by atoms with Gasteiger partial charge in [0.05, 0.1) is 27.8 Å². The second-order valence-electron chi connectivity index (χ2n) is 10.0. The number of fused-ring (bicyclic) bond motifs is 4. The summed E-state index contributed by atoms with van der Waals surface area (Å²) < 4.78 is 5.68. The van der Waals surface area contributed by atoms with E-state index >= 15 is 0 Å². The van der Waals surface area contributed by atoms with E-state index in [-0.39, 0.29) is 17.7 Å². The number of aromatic nitrogens is 1. The van der Waals surface area contributed by atoms with Gasteiger partial charge in [0.1, 0.15) is 5.60 Å². The molecule has 3 heterocycles. The van der Waals surface area contributed by atoms with Crippen molar-refractivity contribution in [1.82, 2.24) is 9.88 Å². The Morgan fingerprint density at radius 2 is 1.97 bits per heavy atom. The second kappa shape index (κ2) is 7.83. The van der Waals surface area contributed by atoms with Crippen molar-refractivity contribution in [3.05, 3.63) is 40.9 Å². The van der Waals surface area contributed by atoms with Gasteiger partial charge in [0.25, 0.3) is 0 Å². The lowest BCUT2D eigenvalue weighted by atomic mass is 9.92. The average molecular weight is 470 g/mol. The minimum absolute atomic E-state index is 0.0315. The van der Waals surface area contributed by atoms with Crippen molar-refractivity contribution in [1.29, 1.82) is 0 Å². The van der Waals surface area contributed by atoms with Crippen molar-refractivity contribution in [3.63, 3.8) is 0 Å². The molecule has 1 aromatic heterocycles. The summed E-state index contributed by atoms with van der Waals surface area (Å²) in [6.45, 7) is 7.70. The molecule has 0 aliphatic carbocycles. The highest BCUT2D eigenvalue weighted by Gasteiger charge is 2.43. The molecule has 0 spiro atoms. The molecular formula is C25H28ClN3O4. The number of rotatable bonds is 2. The Kier molecular flexibility index (Phi) is 5.20. The van der Waals surface area contributed by atoms with Crippen LogP contribution in [-0.4, -0.2) is 58.3 Å². The summed E-state index contributed by atoms with van der Waals surface area (Å²) in [7, 11) is 0. The molecule has 3 aromatic rings. The Morgan fingerprint density at radius 3 is 2.70 bits per heavy atom. The first-order chi connectivity index (χ1) is 15.6. The summed E-state index contributed by atoms with van der Waals surface area (Å²) >= 11 is 6.75. The van der Waals surface area contributed by atoms with Gasteiger partial charge in [-0.15, -0.1) is 0 Å². The number of H-pyrrole nitrogens is 1. The van der Waals surface area contributed by atoms with Crippen LogP contribution in [0, 0.1) is 5.92 Å². The maximum absolute atomic E-state index is 12.9. The van der Waals surface area contributed by atoms with E-state index in [2.05, 4.69) is 9.88 Å². The van der Waals surface area contributed by atoms with Gasteiger partial charge in [-0.25, -0.2) is 9.59 Å². The topological polar surface area (TPSA) is 85.9 Å². The van der Waals surface area contributed by atoms with Crippen molar-refractivity contribution in [2.24, 2.45) is 5.92 Å². The number of nitrogens with one attached hydrogen (secondary N) is 1. The fraction of sp³-hybridized carbons (Fsp3) is 0.440. The van der Waals surface area contributed by atoms with Crippen LogP contribution in [0.15, 0.2) is 30.3 Å². The van der Waals surface area contributed by atoms with E-state index in [1.807, 2.05) is 49.9 Å². The van der Waals surface area contributed by atoms with Crippen LogP contribution in [0.3, 0.4) is 0 Å². The van der Waals surface area contributed by atoms with Gasteiger partial charge in [0.2, 0.25) is 0 Å². The van der Waals surface area contributed by atoms with E-state index < -0.39 is 11.6 Å². The highest BCUT2D eigenvalue weighted by atomic mass is 35.5. The van der Waals surface area contributed by atoms with E-state index in [1.165, 1.54) is 6.07 Å². The Morgan fingerprint density at radius 1 is 1.21 bits per heavy atom. The highest BCUT2D eigenvalue weighted by Crippen LogP contribution is 2.44. The maximum atomic E-state index is 12.9. The molecule has 174 valence electrons. The summed E-state index contributed by atoms with van der Waals surface area (Å²) in [4.78, 5) is 32.3. The number of amides is 1. The van der Waals surface area contributed by atoms with Crippen molar-refractivity contribution in [3.8, 4) is 0 Å². The zero-order chi connectivity index (χ0) is 23.5. The molecule has 2 aromatic carbocycles. The predicted octanol–water partition coefficient (Wildman–Crippen LogP) is 5.51. The van der Waals surface area contributed by atoms with Crippen molar-refractivity contribution in [2.45, 2.75) is 45.3 Å². The number of aromatic carboxylic acids is 1. The molecule has 7 nitrogen and oxygen atoms in total. The van der Waals surface area contributed by atoms with Gasteiger partial charge in [-0.05, 0) is 51.7 Å². The lowest BCUT2D eigenvalue weighted by Gasteiger charge is -2.37. The van der Waals surface area contributed by atoms with Gasteiger partial charge in [-0.3, -0.25) is 0 Å². The molecule has 1 amide bonds. The second-order valence-corrected chi connectivity index (χ2v) is 10.4. The average Bonchev–Trinajstić information content (AvgIpc) is 3.33. The van der Waals surface area contributed by atoms with E-state index in [9.17, 15) is 14.7 Å². The molecule has 2 atom stereocenters. The molecule has 2 N–H and O–H groups in total. The summed E-state index contributed by atoms with van der Waals surface area (Å²) in [5.41, 5.74) is 1.87. The third-order valence-electron chi connectivity index (χ3n) is 6.66. The Bertz CT molecular complexity index is 1260. The Hall–Kier alpha value is -2.93. The predicted molar refractivity (Wildman–Crippen MR) is 129 cm³/mol. The van der Waals surface area contributed by atoms with E-state index in [0.717, 1.165) is 41.4 Å². The molecule has 33 heavy (non-hydrogen) atoms. The van der Waals surface area contributed by atoms with Gasteiger partial charge in [0.15, 0.2) is 0 Å². The van der Waals surface area contributed by atoms with Gasteiger partial charge in [0, 0.05) is 35.9 Å². The number of hydrogen-bond acceptors (Lipinski definition) is 4. The highest BCUT2D eigenvalue weighted by molar-refractivity contribution is 6.37. The molecule has 2 saturated heterocycles. The van der Waals surface area contributed by atoms with E-state index in [1.54, 1.807) is 0 Å². The zero-order valence-corrected chi connectivity index (χ0v) is 19.8. The van der Waals surface area contributed by atoms with Crippen LogP contribution in [0.2, 0.25) is 5.02 Å². The SMILES string of the molecule is CC(C)(C)OC(=O)N1CCCC2CN(c3c(Cl)cc(C(=O)O)c4[nH]c5ccccc5c34)CC21. The number of para-hydroxylation sites is 1. The van der Waals surface area contributed by atoms with Crippen LogP contribution in [0.4, 0.5) is 10.5 Å². The molecule has 2 fully saturated rings. The molecule has 2 unspecified atom stereocenters. The van der Waals surface area contributed by atoms with Crippen LogP contribution in [0.5, 0.6) is 0 Å². The number of carbonyl (C=O) groups excluding carboxylic acids is 1. The third kappa shape index (κ3) is 3.78. The number of nitrogens with zero attached hydrogens (tertiary/aromatic N) is 2. The van der Waals surface area contributed by atoms with Crippen LogP contribution in [-0.2, 0) is 4.74 Å². The van der Waals surface area contributed by atoms with E-state index in [0.29, 0.717) is 29.5 Å². The van der Waals surface area contributed by atoms with Gasteiger partial charge in [-0.2, -0.15) is 0 Å². The number of hydrogen-bond donors (Lipinski definition) is 2. The first-order valence-corrected chi connectivity index (χ1v) is 11.7. The number of anilines is 1. The number of carboxylic acids is 1. The number of piperidine rings is 1. The van der Waals surface area contributed by atoms with Crippen molar-refractivity contribution >= 4 is 51.2 Å². The number of carboxylic acid groups (broad SMARTS) is 1. The quantitative estimate of drug-likeness (QED) is 0.517. The Labute approximate surface area is 197 Å². The van der Waals surface area contributed by atoms with Crippen molar-refractivity contribution < 1.29 is 19.4 Å². The first kappa shape index (κ1) is 21.9. The summed E-state index contributed by atoms with van der Waals surface area (Å²) in [6, 6.07) is 9.34. The smallest absolute Gasteiger partial charge is 0.410 e. The summed E-state index contributed by atoms with van der Waals surface area (Å²) in [6.07, 6.45) is 1.69. The number of halogens is 1. The van der Waals surface area contributed by atoms with Crippen LogP contribution in [0.25, 0.3) is 21.8 Å². The third-order valence-corrected chi connectivity index (χ3v) is 6.95. The van der Waals surface area contributed by atoms with Crippen LogP contribution in [0.1, 0.15) is 44.0 Å². The molecule has 2 aliphatic heterocycles. The van der Waals surface area contributed by atoms with Crippen molar-refractivity contribution in [2.75, 3.05) is 24.5 Å². The van der Waals surface area contributed by atoms with Gasteiger partial charge < -0.3 is 24.6 Å². The standard InChI is InChI=1S/C25H28ClN3O4/c1-25(2,3)33-24(32)29-10-6-7-14-12-28(13-19(14)29)22-17(26)11-16(23(30)31)21-20(22)15-8-4-5-9-18(15)27-21/h4-5,8-9,11,14,19,27H,6-7,10,12-13H2,1-3H3,(H,30,31). The fourth-order valence-corrected chi connectivity index (χ4v) is 5.69.